The fraction of sp³-hybridized carbons (Fsp3) is 0.400. The maximum atomic E-state index is 12.9. The van der Waals surface area contributed by atoms with Crippen molar-refractivity contribution >= 4 is 17.1 Å². The van der Waals surface area contributed by atoms with Crippen LogP contribution < -0.4 is 0 Å². The Morgan fingerprint density at radius 3 is 1.90 bits per heavy atom. The van der Waals surface area contributed by atoms with E-state index in [9.17, 15) is 15.6 Å². The van der Waals surface area contributed by atoms with E-state index in [4.69, 9.17) is 0 Å². The Hall–Kier alpha value is -2.37. The van der Waals surface area contributed by atoms with E-state index >= 15 is 0 Å². The van der Waals surface area contributed by atoms with E-state index in [0.717, 1.165) is 9.48 Å². The van der Waals surface area contributed by atoms with Crippen LogP contribution in [0.5, 0.6) is 0 Å². The normalized spacial score (nSPS) is 24.3. The van der Waals surface area contributed by atoms with Crippen LogP contribution in [0.15, 0.2) is 29.4 Å². The number of hydroxylamine groups is 2. The molecule has 1 N–H and O–H groups in total. The standard InChI is InChI=1S/C15H17N3O3/c1-14(2)15(3,4)18(21)13-11(16-19)9-7-5-6-8-10(9)12(13)17(14)20/h5-8,19H,1-4H3/b16-11+. The van der Waals surface area contributed by atoms with Crippen LogP contribution in [0.1, 0.15) is 38.8 Å². The first-order valence-electron chi connectivity index (χ1n) is 6.76. The summed E-state index contributed by atoms with van der Waals surface area (Å²) >= 11 is 0. The van der Waals surface area contributed by atoms with Crippen LogP contribution in [0.3, 0.4) is 0 Å². The minimum Gasteiger partial charge on any atom is -0.623 e. The van der Waals surface area contributed by atoms with Crippen molar-refractivity contribution in [1.82, 2.24) is 0 Å². The van der Waals surface area contributed by atoms with Gasteiger partial charge in [-0.1, -0.05) is 23.4 Å². The smallest absolute Gasteiger partial charge is 0.315 e. The van der Waals surface area contributed by atoms with Gasteiger partial charge in [-0.25, -0.2) is 0 Å². The fourth-order valence-corrected chi connectivity index (χ4v) is 2.82. The van der Waals surface area contributed by atoms with E-state index in [0.29, 0.717) is 11.1 Å². The van der Waals surface area contributed by atoms with Crippen molar-refractivity contribution in [3.05, 3.63) is 45.8 Å². The van der Waals surface area contributed by atoms with Gasteiger partial charge >= 0.3 is 5.71 Å². The summed E-state index contributed by atoms with van der Waals surface area (Å²) in [4.78, 5) is 0. The number of rotatable bonds is 0. The molecule has 0 aromatic heterocycles. The molecule has 6 nitrogen and oxygen atoms in total. The van der Waals surface area contributed by atoms with Crippen molar-refractivity contribution in [3.63, 3.8) is 0 Å². The summed E-state index contributed by atoms with van der Waals surface area (Å²) in [6.07, 6.45) is 0. The largest absolute Gasteiger partial charge is 0.623 e. The highest BCUT2D eigenvalue weighted by atomic mass is 16.5. The van der Waals surface area contributed by atoms with E-state index < -0.39 is 11.1 Å². The third kappa shape index (κ3) is 1.39. The van der Waals surface area contributed by atoms with Crippen LogP contribution in [0, 0.1) is 10.4 Å². The molecule has 2 aliphatic rings. The number of benzene rings is 1. The molecule has 0 bridgehead atoms. The zero-order valence-electron chi connectivity index (χ0n) is 12.4. The average Bonchev–Trinajstić information content (AvgIpc) is 2.78. The average molecular weight is 287 g/mol. The minimum absolute atomic E-state index is 0.137. The first kappa shape index (κ1) is 13.6. The van der Waals surface area contributed by atoms with Gasteiger partial charge in [0.05, 0.1) is 5.56 Å². The molecule has 0 spiro atoms. The molecule has 6 heteroatoms. The number of hydrogen-bond donors (Lipinski definition) is 1. The van der Waals surface area contributed by atoms with Gasteiger partial charge in [-0.2, -0.15) is 9.48 Å². The third-order valence-electron chi connectivity index (χ3n) is 4.90. The number of nitrogens with zero attached hydrogens (tertiary/aromatic N) is 3. The van der Waals surface area contributed by atoms with E-state index in [-0.39, 0.29) is 17.1 Å². The number of fused-ring (bicyclic) bond motifs is 3. The van der Waals surface area contributed by atoms with Crippen molar-refractivity contribution in [2.24, 2.45) is 5.16 Å². The Kier molecular flexibility index (Phi) is 2.49. The lowest BCUT2D eigenvalue weighted by Crippen LogP contribution is -2.64. The van der Waals surface area contributed by atoms with E-state index in [1.54, 1.807) is 52.0 Å². The Bertz CT molecular complexity index is 742. The summed E-state index contributed by atoms with van der Waals surface area (Å²) in [5.74, 6) is 0. The lowest BCUT2D eigenvalue weighted by molar-refractivity contribution is -0.665. The molecule has 0 saturated carbocycles. The summed E-state index contributed by atoms with van der Waals surface area (Å²) < 4.78 is 1.67. The molecule has 1 heterocycles. The van der Waals surface area contributed by atoms with Gasteiger partial charge < -0.3 is 15.6 Å². The molecule has 0 atom stereocenters. The number of hydrogen-bond acceptors (Lipinski definition) is 4. The number of oxime groups is 1. The SMILES string of the molecule is CC1(C)[N+]([O-])=C2C(=[N+]([O-])C1(C)C)c1ccccc1/C2=N\O. The van der Waals surface area contributed by atoms with Crippen LogP contribution in [0.2, 0.25) is 0 Å². The maximum absolute atomic E-state index is 12.9. The molecule has 1 aliphatic carbocycles. The molecule has 0 amide bonds. The van der Waals surface area contributed by atoms with Crippen molar-refractivity contribution < 1.29 is 14.7 Å². The van der Waals surface area contributed by atoms with Crippen molar-refractivity contribution in [2.45, 2.75) is 38.8 Å². The molecule has 21 heavy (non-hydrogen) atoms. The lowest BCUT2D eigenvalue weighted by Gasteiger charge is -2.40. The summed E-state index contributed by atoms with van der Waals surface area (Å²) in [5.41, 5.74) is -0.104. The van der Waals surface area contributed by atoms with Gasteiger partial charge in [0.2, 0.25) is 11.1 Å². The first-order chi connectivity index (χ1) is 9.75. The molecule has 1 aromatic carbocycles. The quantitative estimate of drug-likeness (QED) is 0.341. The van der Waals surface area contributed by atoms with Crippen LogP contribution >= 0.6 is 0 Å². The zero-order valence-corrected chi connectivity index (χ0v) is 12.4. The fourth-order valence-electron chi connectivity index (χ4n) is 2.82. The van der Waals surface area contributed by atoms with Crippen molar-refractivity contribution in [2.75, 3.05) is 0 Å². The summed E-state index contributed by atoms with van der Waals surface area (Å²) in [5, 5.41) is 38.3. The van der Waals surface area contributed by atoms with E-state index in [1.165, 1.54) is 0 Å². The molecule has 0 fully saturated rings. The van der Waals surface area contributed by atoms with Gasteiger partial charge in [0.25, 0.3) is 5.71 Å². The molecular weight excluding hydrogens is 270 g/mol. The highest BCUT2D eigenvalue weighted by Crippen LogP contribution is 2.35. The minimum atomic E-state index is -0.967. The topological polar surface area (TPSA) is 84.7 Å². The van der Waals surface area contributed by atoms with Gasteiger partial charge in [-0.3, -0.25) is 0 Å². The van der Waals surface area contributed by atoms with Crippen LogP contribution in [0.25, 0.3) is 0 Å². The second-order valence-electron chi connectivity index (χ2n) is 6.40. The molecular formula is C15H17N3O3. The third-order valence-corrected chi connectivity index (χ3v) is 4.90. The highest BCUT2D eigenvalue weighted by Gasteiger charge is 2.61. The molecule has 110 valence electrons. The van der Waals surface area contributed by atoms with Crippen molar-refractivity contribution in [3.8, 4) is 0 Å². The highest BCUT2D eigenvalue weighted by molar-refractivity contribution is 6.76. The monoisotopic (exact) mass is 287 g/mol. The maximum Gasteiger partial charge on any atom is 0.315 e. The van der Waals surface area contributed by atoms with Gasteiger partial charge in [0, 0.05) is 33.3 Å². The lowest BCUT2D eigenvalue weighted by atomic mass is 9.81. The molecule has 3 rings (SSSR count). The Morgan fingerprint density at radius 2 is 1.38 bits per heavy atom. The van der Waals surface area contributed by atoms with Gasteiger partial charge in [-0.05, 0) is 6.07 Å². The Labute approximate surface area is 122 Å². The molecule has 0 saturated heterocycles. The van der Waals surface area contributed by atoms with E-state index in [1.807, 2.05) is 0 Å². The summed E-state index contributed by atoms with van der Waals surface area (Å²) in [7, 11) is 0. The first-order valence-corrected chi connectivity index (χ1v) is 6.76. The molecule has 1 aromatic rings. The molecule has 1 aliphatic heterocycles. The predicted octanol–water partition coefficient (Wildman–Crippen LogP) is 1.70. The van der Waals surface area contributed by atoms with Gasteiger partial charge in [0.1, 0.15) is 0 Å². The summed E-state index contributed by atoms with van der Waals surface area (Å²) in [6, 6.07) is 7.07. The predicted molar refractivity (Wildman–Crippen MR) is 79.3 cm³/mol. The molecule has 0 radical (unpaired) electrons. The van der Waals surface area contributed by atoms with Crippen molar-refractivity contribution in [1.29, 1.82) is 0 Å². The van der Waals surface area contributed by atoms with Gasteiger partial charge in [0.15, 0.2) is 5.71 Å². The van der Waals surface area contributed by atoms with Gasteiger partial charge in [-0.15, -0.1) is 0 Å². The zero-order chi connectivity index (χ0) is 15.6. The van der Waals surface area contributed by atoms with Crippen LogP contribution in [0.4, 0.5) is 0 Å². The summed E-state index contributed by atoms with van der Waals surface area (Å²) in [6.45, 7) is 6.91. The van der Waals surface area contributed by atoms with E-state index in [2.05, 4.69) is 5.16 Å². The second-order valence-corrected chi connectivity index (χ2v) is 6.40. The molecule has 0 unspecified atom stereocenters. The Morgan fingerprint density at radius 1 is 0.905 bits per heavy atom. The van der Waals surface area contributed by atoms with Crippen LogP contribution in [-0.4, -0.2) is 42.9 Å². The Balaban J connectivity index is 2.47. The second kappa shape index (κ2) is 3.84. The van der Waals surface area contributed by atoms with Crippen LogP contribution in [-0.2, 0) is 0 Å².